The molecule has 0 atom stereocenters. The number of nitrogens with one attached hydrogen (secondary N) is 4. The fourth-order valence-electron chi connectivity index (χ4n) is 11.7. The molecule has 2 aromatic heterocycles. The van der Waals surface area contributed by atoms with Gasteiger partial charge in [-0.2, -0.15) is 29.9 Å². The molecule has 4 N–H and O–H groups in total. The standard InChI is InChI=1S/C47H85Cl2N13O2/c1-42(2)27-33(28-43(3,4)57-42)60(40-53-37(49)54-41(56-40)62(24-20-26-64-14)35-31-46(9,10)59-47(11,12)32-35)22-18-16-15-17-21-50-38-51-36(48)52-39(55-38)61(23-19-25-63-13)34-29-44(5,6)58-45(7,8)30-34/h33-35,57-59H,15-32H2,1-14H3,(H,50,51,52,55). The number of piperidine rings is 3. The van der Waals surface area contributed by atoms with Crippen LogP contribution in [0.4, 0.5) is 23.8 Å². The summed E-state index contributed by atoms with van der Waals surface area (Å²) in [5, 5.41) is 15.4. The molecule has 0 unspecified atom stereocenters. The summed E-state index contributed by atoms with van der Waals surface area (Å²) in [6.45, 7) is 31.8. The number of unbranched alkanes of at least 4 members (excludes halogenated alkanes) is 3. The van der Waals surface area contributed by atoms with E-state index in [0.29, 0.717) is 37.0 Å². The third-order valence-corrected chi connectivity index (χ3v) is 13.2. The van der Waals surface area contributed by atoms with Crippen LogP contribution in [0.3, 0.4) is 0 Å². The van der Waals surface area contributed by atoms with E-state index in [1.807, 2.05) is 0 Å². The molecular weight excluding hydrogens is 850 g/mol. The van der Waals surface area contributed by atoms with Crippen LogP contribution in [0.1, 0.15) is 160 Å². The first kappa shape index (κ1) is 52.6. The number of methoxy groups -OCH3 is 2. The lowest BCUT2D eigenvalue weighted by atomic mass is 9.79. The molecule has 3 saturated heterocycles. The predicted molar refractivity (Wildman–Crippen MR) is 265 cm³/mol. The van der Waals surface area contributed by atoms with E-state index < -0.39 is 0 Å². The molecule has 0 aliphatic carbocycles. The van der Waals surface area contributed by atoms with Crippen molar-refractivity contribution in [1.29, 1.82) is 0 Å². The van der Waals surface area contributed by atoms with Gasteiger partial charge in [-0.3, -0.25) is 0 Å². The molecule has 0 bridgehead atoms. The van der Waals surface area contributed by atoms with Crippen LogP contribution in [0.5, 0.6) is 0 Å². The number of hydrogen-bond acceptors (Lipinski definition) is 15. The van der Waals surface area contributed by atoms with Gasteiger partial charge in [-0.25, -0.2) is 0 Å². The zero-order valence-electron chi connectivity index (χ0n) is 42.1. The van der Waals surface area contributed by atoms with Crippen LogP contribution in [0.25, 0.3) is 0 Å². The van der Waals surface area contributed by atoms with Gasteiger partial charge in [-0.1, -0.05) is 12.8 Å². The number of halogens is 2. The SMILES string of the molecule is COCCCN(c1nc(Cl)nc(NCCCCCCN(c2nc(Cl)nc(N(CCCOC)C3CC(C)(C)NC(C)(C)C3)n2)C2CC(C)(C)NC(C)(C)C2)n1)C1CC(C)(C)NC(C)(C)C1. The van der Waals surface area contributed by atoms with Gasteiger partial charge in [-0.15, -0.1) is 0 Å². The number of anilines is 4. The van der Waals surface area contributed by atoms with Crippen LogP contribution >= 0.6 is 23.2 Å². The summed E-state index contributed by atoms with van der Waals surface area (Å²) in [5.74, 6) is 2.44. The molecule has 0 spiro atoms. The van der Waals surface area contributed by atoms with Gasteiger partial charge in [0.1, 0.15) is 0 Å². The number of aromatic nitrogens is 6. The molecule has 17 heteroatoms. The number of nitrogens with zero attached hydrogens (tertiary/aromatic N) is 9. The third-order valence-electron chi connectivity index (χ3n) is 12.9. The van der Waals surface area contributed by atoms with Gasteiger partial charge in [0, 0.05) is 105 Å². The molecule has 364 valence electrons. The van der Waals surface area contributed by atoms with Crippen LogP contribution in [0, 0.1) is 0 Å². The van der Waals surface area contributed by atoms with E-state index in [1.54, 1.807) is 14.2 Å². The van der Waals surface area contributed by atoms with Crippen LogP contribution in [0.2, 0.25) is 10.6 Å². The quantitative estimate of drug-likeness (QED) is 0.0835. The molecule has 3 aliphatic rings. The zero-order valence-corrected chi connectivity index (χ0v) is 43.6. The lowest BCUT2D eigenvalue weighted by Gasteiger charge is -2.50. The van der Waals surface area contributed by atoms with E-state index in [4.69, 9.17) is 52.6 Å². The smallest absolute Gasteiger partial charge is 0.231 e. The number of ether oxygens (including phenoxy) is 2. The van der Waals surface area contributed by atoms with E-state index in [-0.39, 0.29) is 61.9 Å². The molecule has 0 aromatic carbocycles. The summed E-state index contributed by atoms with van der Waals surface area (Å²) in [7, 11) is 3.50. The molecule has 64 heavy (non-hydrogen) atoms. The Labute approximate surface area is 396 Å². The molecule has 3 fully saturated rings. The highest BCUT2D eigenvalue weighted by molar-refractivity contribution is 6.28. The van der Waals surface area contributed by atoms with E-state index >= 15 is 0 Å². The fourth-order valence-corrected chi connectivity index (χ4v) is 12.0. The zero-order chi connectivity index (χ0) is 47.1. The molecule has 2 aromatic rings. The Hall–Kier alpha value is -2.40. The summed E-state index contributed by atoms with van der Waals surface area (Å²) in [6.07, 6.45) is 11.5. The normalized spacial score (nSPS) is 21.7. The minimum atomic E-state index is -0.0615. The second kappa shape index (κ2) is 21.7. The molecule has 0 radical (unpaired) electrons. The molecule has 5 rings (SSSR count). The van der Waals surface area contributed by atoms with E-state index in [9.17, 15) is 0 Å². The Balaban J connectivity index is 1.28. The van der Waals surface area contributed by atoms with Crippen molar-refractivity contribution in [2.24, 2.45) is 0 Å². The van der Waals surface area contributed by atoms with Gasteiger partial charge < -0.3 is 45.4 Å². The predicted octanol–water partition coefficient (Wildman–Crippen LogP) is 8.46. The Kier molecular flexibility index (Phi) is 17.8. The molecule has 5 heterocycles. The molecule has 0 amide bonds. The first-order chi connectivity index (χ1) is 29.8. The molecule has 15 nitrogen and oxygen atoms in total. The molecule has 3 aliphatic heterocycles. The maximum absolute atomic E-state index is 6.89. The summed E-state index contributed by atoms with van der Waals surface area (Å²) >= 11 is 13.5. The van der Waals surface area contributed by atoms with E-state index in [1.165, 1.54) is 0 Å². The van der Waals surface area contributed by atoms with E-state index in [0.717, 1.165) is 103 Å². The van der Waals surface area contributed by atoms with Gasteiger partial charge in [-0.05, 0) is 170 Å². The fraction of sp³-hybridized carbons (Fsp3) is 0.872. The second-order valence-electron chi connectivity index (χ2n) is 22.9. The Morgan fingerprint density at radius 1 is 0.469 bits per heavy atom. The largest absolute Gasteiger partial charge is 0.385 e. The van der Waals surface area contributed by atoms with Gasteiger partial charge in [0.2, 0.25) is 34.4 Å². The van der Waals surface area contributed by atoms with Gasteiger partial charge in [0.25, 0.3) is 0 Å². The Bertz CT molecular complexity index is 1750. The van der Waals surface area contributed by atoms with Crippen molar-refractivity contribution < 1.29 is 9.47 Å². The topological polar surface area (TPSA) is 154 Å². The van der Waals surface area contributed by atoms with Gasteiger partial charge in [0.05, 0.1) is 0 Å². The van der Waals surface area contributed by atoms with Crippen LogP contribution in [-0.2, 0) is 9.47 Å². The van der Waals surface area contributed by atoms with Crippen molar-refractivity contribution in [3.8, 4) is 0 Å². The third kappa shape index (κ3) is 15.9. The lowest BCUT2D eigenvalue weighted by molar-refractivity contribution is 0.153. The first-order valence-corrected chi connectivity index (χ1v) is 24.8. The monoisotopic (exact) mass is 934 g/mol. The summed E-state index contributed by atoms with van der Waals surface area (Å²) < 4.78 is 10.9. The average Bonchev–Trinajstić information content (AvgIpc) is 3.12. The Morgan fingerprint density at radius 2 is 0.797 bits per heavy atom. The summed E-state index contributed by atoms with van der Waals surface area (Å²) in [4.78, 5) is 36.2. The maximum atomic E-state index is 6.89. The first-order valence-electron chi connectivity index (χ1n) is 24.0. The van der Waals surface area contributed by atoms with Gasteiger partial charge >= 0.3 is 0 Å². The van der Waals surface area contributed by atoms with Crippen LogP contribution in [-0.4, -0.2) is 135 Å². The van der Waals surface area contributed by atoms with Crippen molar-refractivity contribution >= 4 is 47.0 Å². The van der Waals surface area contributed by atoms with Crippen molar-refractivity contribution in [1.82, 2.24) is 45.9 Å². The van der Waals surface area contributed by atoms with Crippen molar-refractivity contribution in [3.05, 3.63) is 10.6 Å². The summed E-state index contributed by atoms with van der Waals surface area (Å²) in [5.41, 5.74) is -0.282. The van der Waals surface area contributed by atoms with Gasteiger partial charge in [0.15, 0.2) is 0 Å². The minimum Gasteiger partial charge on any atom is -0.385 e. The highest BCUT2D eigenvalue weighted by Crippen LogP contribution is 2.37. The van der Waals surface area contributed by atoms with Crippen LogP contribution < -0.4 is 36.0 Å². The van der Waals surface area contributed by atoms with E-state index in [2.05, 4.69) is 129 Å². The number of rotatable bonds is 22. The lowest BCUT2D eigenvalue weighted by Crippen LogP contribution is -2.63. The Morgan fingerprint density at radius 3 is 1.17 bits per heavy atom. The summed E-state index contributed by atoms with van der Waals surface area (Å²) in [6, 6.07) is 0.685. The highest BCUT2D eigenvalue weighted by Gasteiger charge is 2.44. The van der Waals surface area contributed by atoms with Crippen molar-refractivity contribution in [2.75, 3.05) is 73.6 Å². The second-order valence-corrected chi connectivity index (χ2v) is 23.6. The van der Waals surface area contributed by atoms with Crippen molar-refractivity contribution in [2.45, 2.75) is 211 Å². The maximum Gasteiger partial charge on any atom is 0.231 e. The number of hydrogen-bond donors (Lipinski definition) is 4. The average molecular weight is 935 g/mol. The minimum absolute atomic E-state index is 0.0316. The van der Waals surface area contributed by atoms with Crippen molar-refractivity contribution in [3.63, 3.8) is 0 Å². The van der Waals surface area contributed by atoms with Crippen LogP contribution in [0.15, 0.2) is 0 Å². The molecular formula is C47H85Cl2N13O2. The highest BCUT2D eigenvalue weighted by atomic mass is 35.5. The molecule has 0 saturated carbocycles.